The lowest BCUT2D eigenvalue weighted by molar-refractivity contribution is 0.183. The molecule has 0 bridgehead atoms. The van der Waals surface area contributed by atoms with Gasteiger partial charge in [0.05, 0.1) is 0 Å². The van der Waals surface area contributed by atoms with Gasteiger partial charge >= 0.3 is 0 Å². The summed E-state index contributed by atoms with van der Waals surface area (Å²) >= 11 is 0. The molecule has 2 N–H and O–H groups in total. The number of benzene rings is 3. The molecule has 0 amide bonds. The van der Waals surface area contributed by atoms with Crippen LogP contribution in [-0.4, -0.2) is 31.1 Å². The maximum Gasteiger partial charge on any atom is 0.149 e. The van der Waals surface area contributed by atoms with Crippen LogP contribution < -0.4 is 15.2 Å². The largest absolute Gasteiger partial charge is 0.492 e. The van der Waals surface area contributed by atoms with Crippen LogP contribution in [0.4, 0.5) is 5.69 Å². The lowest BCUT2D eigenvalue weighted by Crippen LogP contribution is -2.33. The van der Waals surface area contributed by atoms with E-state index in [1.807, 2.05) is 36.4 Å². The van der Waals surface area contributed by atoms with Gasteiger partial charge in [-0.05, 0) is 67.4 Å². The fourth-order valence-electron chi connectivity index (χ4n) is 4.53. The van der Waals surface area contributed by atoms with Gasteiger partial charge in [0, 0.05) is 29.4 Å². The fourth-order valence-corrected chi connectivity index (χ4v) is 4.53. The first-order valence-electron chi connectivity index (χ1n) is 11.5. The molecule has 0 saturated carbocycles. The van der Waals surface area contributed by atoms with Crippen molar-refractivity contribution in [3.63, 3.8) is 0 Å². The molecule has 4 nitrogen and oxygen atoms in total. The highest BCUT2D eigenvalue weighted by molar-refractivity contribution is 5.88. The Hall–Kier alpha value is -3.24. The average molecular weight is 427 g/mol. The van der Waals surface area contributed by atoms with Crippen molar-refractivity contribution in [2.75, 3.05) is 32.0 Å². The van der Waals surface area contributed by atoms with Gasteiger partial charge in [-0.1, -0.05) is 48.9 Å². The van der Waals surface area contributed by atoms with E-state index in [0.29, 0.717) is 5.69 Å². The lowest BCUT2D eigenvalue weighted by atomic mass is 9.91. The topological polar surface area (TPSA) is 47.7 Å². The Kier molecular flexibility index (Phi) is 6.13. The number of ether oxygens (including phenoxy) is 2. The molecular formula is C28H30N2O2. The van der Waals surface area contributed by atoms with Crippen molar-refractivity contribution < 1.29 is 9.47 Å². The summed E-state index contributed by atoms with van der Waals surface area (Å²) in [5.41, 5.74) is 11.2. The van der Waals surface area contributed by atoms with Crippen molar-refractivity contribution in [2.45, 2.75) is 25.4 Å². The predicted octanol–water partition coefficient (Wildman–Crippen LogP) is 5.81. The van der Waals surface area contributed by atoms with Gasteiger partial charge in [-0.25, -0.2) is 0 Å². The van der Waals surface area contributed by atoms with Gasteiger partial charge in [0.15, 0.2) is 0 Å². The second-order valence-corrected chi connectivity index (χ2v) is 8.58. The number of nitrogens with two attached hydrogens (primary N) is 1. The Morgan fingerprint density at radius 2 is 1.69 bits per heavy atom. The van der Waals surface area contributed by atoms with E-state index in [2.05, 4.69) is 47.4 Å². The molecule has 32 heavy (non-hydrogen) atoms. The molecular weight excluding hydrogens is 396 g/mol. The van der Waals surface area contributed by atoms with Gasteiger partial charge in [0.25, 0.3) is 0 Å². The van der Waals surface area contributed by atoms with Crippen LogP contribution in [-0.2, 0) is 0 Å². The zero-order valence-corrected chi connectivity index (χ0v) is 18.4. The summed E-state index contributed by atoms with van der Waals surface area (Å²) in [6, 6.07) is 24.6. The molecule has 1 atom stereocenters. The Labute approximate surface area is 190 Å². The molecule has 3 aromatic rings. The third-order valence-electron chi connectivity index (χ3n) is 6.29. The molecule has 3 aromatic carbocycles. The third kappa shape index (κ3) is 4.66. The van der Waals surface area contributed by atoms with E-state index in [-0.39, 0.29) is 6.10 Å². The molecule has 1 unspecified atom stereocenters. The van der Waals surface area contributed by atoms with Crippen molar-refractivity contribution in [1.82, 2.24) is 4.90 Å². The molecule has 0 aromatic heterocycles. The minimum Gasteiger partial charge on any atom is -0.492 e. The fraction of sp³-hybridized carbons (Fsp3) is 0.286. The van der Waals surface area contributed by atoms with Crippen LogP contribution >= 0.6 is 0 Å². The number of likely N-dealkylation sites (tertiary alicyclic amines) is 1. The average Bonchev–Trinajstić information content (AvgIpc) is 2.85. The van der Waals surface area contributed by atoms with Crippen LogP contribution in [0.15, 0.2) is 72.8 Å². The predicted molar refractivity (Wildman–Crippen MR) is 131 cm³/mol. The maximum absolute atomic E-state index is 6.47. The number of rotatable bonds is 6. The summed E-state index contributed by atoms with van der Waals surface area (Å²) in [7, 11) is 0. The number of nitrogen functional groups attached to an aromatic ring is 1. The molecule has 164 valence electrons. The normalized spacial score (nSPS) is 18.4. The van der Waals surface area contributed by atoms with Crippen molar-refractivity contribution >= 4 is 17.3 Å². The van der Waals surface area contributed by atoms with E-state index < -0.39 is 0 Å². The van der Waals surface area contributed by atoms with Crippen molar-refractivity contribution in [2.24, 2.45) is 0 Å². The number of piperidine rings is 1. The summed E-state index contributed by atoms with van der Waals surface area (Å²) < 4.78 is 12.5. The van der Waals surface area contributed by atoms with Crippen LogP contribution in [0.5, 0.6) is 11.5 Å². The molecule has 0 radical (unpaired) electrons. The molecule has 2 aliphatic heterocycles. The number of anilines is 1. The van der Waals surface area contributed by atoms with Gasteiger partial charge in [0.1, 0.15) is 24.2 Å². The smallest absolute Gasteiger partial charge is 0.149 e. The number of fused-ring (bicyclic) bond motifs is 1. The van der Waals surface area contributed by atoms with E-state index in [1.165, 1.54) is 32.4 Å². The quantitative estimate of drug-likeness (QED) is 0.506. The first-order chi connectivity index (χ1) is 15.8. The van der Waals surface area contributed by atoms with E-state index in [9.17, 15) is 0 Å². The Bertz CT molecular complexity index is 1070. The second-order valence-electron chi connectivity index (χ2n) is 8.58. The third-order valence-corrected chi connectivity index (χ3v) is 6.29. The standard InChI is InChI=1S/C28H30N2O2/c29-24-12-9-23-19-26(21-7-3-1-4-8-21)28(32-27(23)20-24)22-10-13-25(14-11-22)31-18-17-30-15-5-2-6-16-30/h1,3-4,7-14,19-20,28H,2,5-6,15-18,29H2. The van der Waals surface area contributed by atoms with E-state index in [4.69, 9.17) is 15.2 Å². The number of hydrogen-bond acceptors (Lipinski definition) is 4. The summed E-state index contributed by atoms with van der Waals surface area (Å²) in [6.45, 7) is 4.11. The molecule has 5 rings (SSSR count). The van der Waals surface area contributed by atoms with E-state index in [0.717, 1.165) is 46.9 Å². The maximum atomic E-state index is 6.47. The summed E-state index contributed by atoms with van der Waals surface area (Å²) in [4.78, 5) is 2.49. The lowest BCUT2D eigenvalue weighted by Gasteiger charge is -2.28. The van der Waals surface area contributed by atoms with Crippen molar-refractivity contribution in [1.29, 1.82) is 0 Å². The van der Waals surface area contributed by atoms with Gasteiger partial charge < -0.3 is 15.2 Å². The Morgan fingerprint density at radius 3 is 2.47 bits per heavy atom. The second kappa shape index (κ2) is 9.49. The summed E-state index contributed by atoms with van der Waals surface area (Å²) in [5.74, 6) is 1.72. The van der Waals surface area contributed by atoms with Gasteiger partial charge in [-0.3, -0.25) is 4.90 Å². The van der Waals surface area contributed by atoms with Crippen LogP contribution in [0.3, 0.4) is 0 Å². The number of nitrogens with zero attached hydrogens (tertiary/aromatic N) is 1. The van der Waals surface area contributed by atoms with Crippen LogP contribution in [0.2, 0.25) is 0 Å². The zero-order chi connectivity index (χ0) is 21.8. The minimum atomic E-state index is -0.200. The Morgan fingerprint density at radius 1 is 0.906 bits per heavy atom. The highest BCUT2D eigenvalue weighted by atomic mass is 16.5. The molecule has 4 heteroatoms. The molecule has 1 fully saturated rings. The van der Waals surface area contributed by atoms with Crippen LogP contribution in [0.25, 0.3) is 11.6 Å². The molecule has 2 heterocycles. The van der Waals surface area contributed by atoms with Crippen molar-refractivity contribution in [3.05, 3.63) is 89.5 Å². The van der Waals surface area contributed by atoms with Crippen LogP contribution in [0.1, 0.15) is 42.1 Å². The van der Waals surface area contributed by atoms with Gasteiger partial charge in [-0.2, -0.15) is 0 Å². The summed E-state index contributed by atoms with van der Waals surface area (Å²) in [6.07, 6.45) is 5.98. The monoisotopic (exact) mass is 426 g/mol. The molecule has 0 spiro atoms. The van der Waals surface area contributed by atoms with Gasteiger partial charge in [-0.15, -0.1) is 0 Å². The molecule has 2 aliphatic rings. The van der Waals surface area contributed by atoms with Gasteiger partial charge in [0.2, 0.25) is 0 Å². The molecule has 0 aliphatic carbocycles. The highest BCUT2D eigenvalue weighted by Crippen LogP contribution is 2.42. The van der Waals surface area contributed by atoms with E-state index >= 15 is 0 Å². The first-order valence-corrected chi connectivity index (χ1v) is 11.5. The molecule has 1 saturated heterocycles. The first kappa shape index (κ1) is 20.7. The van der Waals surface area contributed by atoms with Crippen molar-refractivity contribution in [3.8, 4) is 11.5 Å². The number of hydrogen-bond donors (Lipinski definition) is 1. The van der Waals surface area contributed by atoms with E-state index in [1.54, 1.807) is 0 Å². The highest BCUT2D eigenvalue weighted by Gasteiger charge is 2.26. The Balaban J connectivity index is 1.34. The summed E-state index contributed by atoms with van der Waals surface area (Å²) in [5, 5.41) is 0. The minimum absolute atomic E-state index is 0.200. The van der Waals surface area contributed by atoms with Crippen LogP contribution in [0, 0.1) is 0 Å². The zero-order valence-electron chi connectivity index (χ0n) is 18.4. The SMILES string of the molecule is Nc1ccc2c(c1)OC(c1ccc(OCCN3CCCCC3)cc1)C(c1ccccc1)=C2.